The standard InChI is InChI=1S/C15H32N2O/c1-6-7-15(9-16-8-12(2)3)17-10-13(4)18-14(5)11-17/h12-16H,6-11H2,1-5H3. The van der Waals surface area contributed by atoms with Crippen LogP contribution in [0.5, 0.6) is 0 Å². The Bertz CT molecular complexity index is 211. The summed E-state index contributed by atoms with van der Waals surface area (Å²) in [6.07, 6.45) is 3.29. The third-order valence-corrected chi connectivity index (χ3v) is 3.52. The van der Waals surface area contributed by atoms with Crippen LogP contribution in [0.2, 0.25) is 0 Å². The molecule has 0 bridgehead atoms. The molecule has 3 nitrogen and oxygen atoms in total. The summed E-state index contributed by atoms with van der Waals surface area (Å²) in [5.74, 6) is 0.731. The molecule has 0 aromatic heterocycles. The highest BCUT2D eigenvalue weighted by atomic mass is 16.5. The minimum absolute atomic E-state index is 0.373. The van der Waals surface area contributed by atoms with Crippen LogP contribution >= 0.6 is 0 Å². The molecular formula is C15H32N2O. The quantitative estimate of drug-likeness (QED) is 0.757. The molecule has 1 heterocycles. The van der Waals surface area contributed by atoms with E-state index in [4.69, 9.17) is 4.74 Å². The highest BCUT2D eigenvalue weighted by molar-refractivity contribution is 4.81. The van der Waals surface area contributed by atoms with Gasteiger partial charge in [-0.2, -0.15) is 0 Å². The fraction of sp³-hybridized carbons (Fsp3) is 1.00. The monoisotopic (exact) mass is 256 g/mol. The van der Waals surface area contributed by atoms with Gasteiger partial charge in [-0.3, -0.25) is 4.90 Å². The third-order valence-electron chi connectivity index (χ3n) is 3.52. The molecule has 1 saturated heterocycles. The molecule has 1 aliphatic heterocycles. The minimum Gasteiger partial charge on any atom is -0.373 e. The average molecular weight is 256 g/mol. The van der Waals surface area contributed by atoms with Crippen LogP contribution in [0.15, 0.2) is 0 Å². The molecule has 0 aromatic carbocycles. The summed E-state index contributed by atoms with van der Waals surface area (Å²) in [5, 5.41) is 3.61. The first-order chi connectivity index (χ1) is 8.52. The summed E-state index contributed by atoms with van der Waals surface area (Å²) in [4.78, 5) is 2.62. The maximum absolute atomic E-state index is 5.83. The first-order valence-electron chi connectivity index (χ1n) is 7.63. The Morgan fingerprint density at radius 1 is 1.17 bits per heavy atom. The summed E-state index contributed by atoms with van der Waals surface area (Å²) in [6, 6.07) is 0.669. The number of morpholine rings is 1. The smallest absolute Gasteiger partial charge is 0.0678 e. The van der Waals surface area contributed by atoms with Gasteiger partial charge in [-0.1, -0.05) is 27.2 Å². The number of nitrogens with one attached hydrogen (secondary N) is 1. The fourth-order valence-electron chi connectivity index (χ4n) is 2.80. The second kappa shape index (κ2) is 8.13. The molecule has 18 heavy (non-hydrogen) atoms. The molecule has 3 heteroatoms. The van der Waals surface area contributed by atoms with Crippen LogP contribution < -0.4 is 5.32 Å². The summed E-state index contributed by atoms with van der Waals surface area (Å²) in [6.45, 7) is 15.6. The maximum atomic E-state index is 5.83. The zero-order valence-electron chi connectivity index (χ0n) is 12.9. The highest BCUT2D eigenvalue weighted by Gasteiger charge is 2.27. The normalized spacial score (nSPS) is 27.7. The lowest BCUT2D eigenvalue weighted by atomic mass is 10.1. The minimum atomic E-state index is 0.373. The summed E-state index contributed by atoms with van der Waals surface area (Å²) >= 11 is 0. The van der Waals surface area contributed by atoms with Crippen molar-refractivity contribution < 1.29 is 4.74 Å². The van der Waals surface area contributed by atoms with Crippen molar-refractivity contribution in [3.05, 3.63) is 0 Å². The molecule has 3 unspecified atom stereocenters. The van der Waals surface area contributed by atoms with Crippen molar-refractivity contribution in [3.63, 3.8) is 0 Å². The van der Waals surface area contributed by atoms with Crippen molar-refractivity contribution in [1.82, 2.24) is 10.2 Å². The Hall–Kier alpha value is -0.120. The van der Waals surface area contributed by atoms with E-state index in [2.05, 4.69) is 44.8 Å². The van der Waals surface area contributed by atoms with Crippen molar-refractivity contribution >= 4 is 0 Å². The van der Waals surface area contributed by atoms with Crippen molar-refractivity contribution in [1.29, 1.82) is 0 Å². The predicted octanol–water partition coefficient (Wildman–Crippen LogP) is 2.51. The first kappa shape index (κ1) is 15.9. The Balaban J connectivity index is 2.43. The van der Waals surface area contributed by atoms with E-state index < -0.39 is 0 Å². The lowest BCUT2D eigenvalue weighted by molar-refractivity contribution is -0.0809. The number of rotatable bonds is 7. The average Bonchev–Trinajstić information content (AvgIpc) is 2.26. The van der Waals surface area contributed by atoms with Crippen LogP contribution in [0.4, 0.5) is 0 Å². The van der Waals surface area contributed by atoms with Gasteiger partial charge in [0.25, 0.3) is 0 Å². The van der Waals surface area contributed by atoms with E-state index in [1.807, 2.05) is 0 Å². The molecule has 108 valence electrons. The van der Waals surface area contributed by atoms with Gasteiger partial charge in [0.15, 0.2) is 0 Å². The van der Waals surface area contributed by atoms with Crippen LogP contribution in [-0.2, 0) is 4.74 Å². The van der Waals surface area contributed by atoms with Gasteiger partial charge in [-0.15, -0.1) is 0 Å². The largest absolute Gasteiger partial charge is 0.373 e. The van der Waals surface area contributed by atoms with Crippen LogP contribution in [0.25, 0.3) is 0 Å². The Kier molecular flexibility index (Phi) is 7.20. The Morgan fingerprint density at radius 3 is 2.28 bits per heavy atom. The molecule has 3 atom stereocenters. The van der Waals surface area contributed by atoms with Gasteiger partial charge in [0.2, 0.25) is 0 Å². The van der Waals surface area contributed by atoms with Gasteiger partial charge in [-0.25, -0.2) is 0 Å². The number of ether oxygens (including phenoxy) is 1. The molecule has 0 radical (unpaired) electrons. The predicted molar refractivity (Wildman–Crippen MR) is 78.0 cm³/mol. The van der Waals surface area contributed by atoms with Crippen LogP contribution in [0, 0.1) is 5.92 Å². The third kappa shape index (κ3) is 5.68. The summed E-state index contributed by atoms with van der Waals surface area (Å²) < 4.78 is 5.83. The van der Waals surface area contributed by atoms with Crippen molar-refractivity contribution in [2.45, 2.75) is 65.7 Å². The first-order valence-corrected chi connectivity index (χ1v) is 7.63. The van der Waals surface area contributed by atoms with Gasteiger partial charge in [-0.05, 0) is 32.7 Å². The van der Waals surface area contributed by atoms with E-state index in [9.17, 15) is 0 Å². The molecule has 1 rings (SSSR count). The second-order valence-electron chi connectivity index (χ2n) is 6.21. The lowest BCUT2D eigenvalue weighted by Crippen LogP contribution is -2.53. The van der Waals surface area contributed by atoms with E-state index in [-0.39, 0.29) is 0 Å². The molecule has 1 fully saturated rings. The fourth-order valence-corrected chi connectivity index (χ4v) is 2.80. The Labute approximate surface area is 113 Å². The van der Waals surface area contributed by atoms with E-state index in [1.165, 1.54) is 12.8 Å². The number of nitrogens with zero attached hydrogens (tertiary/aromatic N) is 1. The molecular weight excluding hydrogens is 224 g/mol. The van der Waals surface area contributed by atoms with E-state index in [0.29, 0.717) is 18.2 Å². The van der Waals surface area contributed by atoms with Gasteiger partial charge < -0.3 is 10.1 Å². The molecule has 0 saturated carbocycles. The molecule has 1 aliphatic rings. The topological polar surface area (TPSA) is 24.5 Å². The molecule has 0 amide bonds. The van der Waals surface area contributed by atoms with Crippen LogP contribution in [0.3, 0.4) is 0 Å². The zero-order chi connectivity index (χ0) is 13.5. The summed E-state index contributed by atoms with van der Waals surface area (Å²) in [7, 11) is 0. The number of hydrogen-bond acceptors (Lipinski definition) is 3. The van der Waals surface area contributed by atoms with Crippen molar-refractivity contribution in [2.24, 2.45) is 5.92 Å². The van der Waals surface area contributed by atoms with Crippen molar-refractivity contribution in [2.75, 3.05) is 26.2 Å². The van der Waals surface area contributed by atoms with Gasteiger partial charge >= 0.3 is 0 Å². The SMILES string of the molecule is CCCC(CNCC(C)C)N1CC(C)OC(C)C1. The molecule has 0 aliphatic carbocycles. The van der Waals surface area contributed by atoms with Gasteiger partial charge in [0.1, 0.15) is 0 Å². The molecule has 1 N–H and O–H groups in total. The second-order valence-corrected chi connectivity index (χ2v) is 6.21. The van der Waals surface area contributed by atoms with Crippen LogP contribution in [-0.4, -0.2) is 49.3 Å². The lowest BCUT2D eigenvalue weighted by Gasteiger charge is -2.40. The van der Waals surface area contributed by atoms with Crippen molar-refractivity contribution in [3.8, 4) is 0 Å². The molecule has 0 aromatic rings. The van der Waals surface area contributed by atoms with Gasteiger partial charge in [0.05, 0.1) is 12.2 Å². The van der Waals surface area contributed by atoms with E-state index >= 15 is 0 Å². The Morgan fingerprint density at radius 2 is 1.78 bits per heavy atom. The number of hydrogen-bond donors (Lipinski definition) is 1. The highest BCUT2D eigenvalue weighted by Crippen LogP contribution is 2.16. The van der Waals surface area contributed by atoms with E-state index in [0.717, 1.165) is 32.1 Å². The maximum Gasteiger partial charge on any atom is 0.0678 e. The summed E-state index contributed by atoms with van der Waals surface area (Å²) in [5.41, 5.74) is 0. The zero-order valence-corrected chi connectivity index (χ0v) is 12.9. The van der Waals surface area contributed by atoms with Crippen LogP contribution in [0.1, 0.15) is 47.5 Å². The van der Waals surface area contributed by atoms with Gasteiger partial charge in [0, 0.05) is 25.7 Å². The molecule has 0 spiro atoms. The van der Waals surface area contributed by atoms with E-state index in [1.54, 1.807) is 0 Å².